The van der Waals surface area contributed by atoms with Gasteiger partial charge in [0.25, 0.3) is 0 Å². The minimum Gasteiger partial charge on any atom is -0.314 e. The molecule has 0 bridgehead atoms. The van der Waals surface area contributed by atoms with Crippen molar-refractivity contribution in [2.75, 3.05) is 0 Å². The van der Waals surface area contributed by atoms with Crippen molar-refractivity contribution in [2.45, 2.75) is 17.6 Å². The molecule has 0 saturated carbocycles. The fraction of sp³-hybridized carbons (Fsp3) is 0.105. The van der Waals surface area contributed by atoms with Crippen molar-refractivity contribution in [1.29, 1.82) is 0 Å². The van der Waals surface area contributed by atoms with Gasteiger partial charge in [-0.25, -0.2) is 8.42 Å². The number of aryl methyl sites for hydroxylation is 1. The molecular weight excluding hydrogens is 322 g/mol. The third-order valence-electron chi connectivity index (χ3n) is 3.83. The lowest BCUT2D eigenvalue weighted by Gasteiger charge is -2.09. The fourth-order valence-corrected chi connectivity index (χ4v) is 3.92. The van der Waals surface area contributed by atoms with E-state index in [2.05, 4.69) is 0 Å². The van der Waals surface area contributed by atoms with E-state index in [0.29, 0.717) is 11.4 Å². The van der Waals surface area contributed by atoms with Crippen molar-refractivity contribution in [1.82, 2.24) is 4.57 Å². The number of aldehydes is 1. The summed E-state index contributed by atoms with van der Waals surface area (Å²) in [5.74, 6) is -0.0526. The molecule has 0 saturated heterocycles. The molecule has 0 aliphatic heterocycles. The zero-order chi connectivity index (χ0) is 17.2. The maximum atomic E-state index is 12.7. The Morgan fingerprint density at radius 1 is 1.00 bits per heavy atom. The van der Waals surface area contributed by atoms with Gasteiger partial charge in [-0.2, -0.15) is 0 Å². The van der Waals surface area contributed by atoms with Gasteiger partial charge in [0.2, 0.25) is 0 Å². The Bertz CT molecular complexity index is 970. The zero-order valence-corrected chi connectivity index (χ0v) is 14.0. The molecule has 0 amide bonds. The molecular formula is C19H17NO3S. The lowest BCUT2D eigenvalue weighted by molar-refractivity contribution is 0.111. The van der Waals surface area contributed by atoms with Gasteiger partial charge in [-0.05, 0) is 42.8 Å². The van der Waals surface area contributed by atoms with Gasteiger partial charge in [0.15, 0.2) is 16.1 Å². The first kappa shape index (κ1) is 16.2. The van der Waals surface area contributed by atoms with Crippen LogP contribution >= 0.6 is 0 Å². The summed E-state index contributed by atoms with van der Waals surface area (Å²) in [6.07, 6.45) is 2.48. The van der Waals surface area contributed by atoms with E-state index in [0.717, 1.165) is 17.4 Å². The lowest BCUT2D eigenvalue weighted by Crippen LogP contribution is -2.06. The van der Waals surface area contributed by atoms with Crippen LogP contribution in [0.4, 0.5) is 0 Å². The summed E-state index contributed by atoms with van der Waals surface area (Å²) in [5, 5.41) is 0. The van der Waals surface area contributed by atoms with Crippen LogP contribution in [0.3, 0.4) is 0 Å². The number of hydrogen-bond acceptors (Lipinski definition) is 3. The minimum absolute atomic E-state index is 0.0526. The maximum absolute atomic E-state index is 12.7. The molecule has 5 heteroatoms. The molecule has 1 aromatic heterocycles. The summed E-state index contributed by atoms with van der Waals surface area (Å²) < 4.78 is 27.0. The first-order valence-corrected chi connectivity index (χ1v) is 9.16. The molecule has 0 atom stereocenters. The van der Waals surface area contributed by atoms with Crippen molar-refractivity contribution < 1.29 is 13.2 Å². The Kier molecular flexibility index (Phi) is 4.36. The molecule has 3 rings (SSSR count). The normalized spacial score (nSPS) is 11.4. The molecule has 0 unspecified atom stereocenters. The number of hydrogen-bond donors (Lipinski definition) is 0. The lowest BCUT2D eigenvalue weighted by atomic mass is 10.2. The predicted octanol–water partition coefficient (Wildman–Crippen LogP) is 3.57. The fourth-order valence-electron chi connectivity index (χ4n) is 2.54. The monoisotopic (exact) mass is 339 g/mol. The van der Waals surface area contributed by atoms with Crippen LogP contribution < -0.4 is 0 Å². The highest BCUT2D eigenvalue weighted by Crippen LogP contribution is 2.21. The smallest absolute Gasteiger partial charge is 0.182 e. The summed E-state index contributed by atoms with van der Waals surface area (Å²) in [6, 6.07) is 17.5. The molecule has 4 nitrogen and oxygen atoms in total. The summed E-state index contributed by atoms with van der Waals surface area (Å²) in [4.78, 5) is 11.3. The van der Waals surface area contributed by atoms with Crippen molar-refractivity contribution in [3.8, 4) is 5.69 Å². The molecule has 0 N–H and O–H groups in total. The molecule has 1 heterocycles. The van der Waals surface area contributed by atoms with Crippen molar-refractivity contribution in [2.24, 2.45) is 0 Å². The number of sulfone groups is 1. The molecule has 24 heavy (non-hydrogen) atoms. The van der Waals surface area contributed by atoms with Gasteiger partial charge in [0.05, 0.1) is 16.3 Å². The number of carbonyl (C=O) groups excluding carboxylic acids is 1. The average Bonchev–Trinajstić information content (AvgIpc) is 3.06. The Balaban J connectivity index is 1.95. The van der Waals surface area contributed by atoms with Gasteiger partial charge in [-0.3, -0.25) is 4.79 Å². The second-order valence-corrected chi connectivity index (χ2v) is 7.65. The molecule has 2 aromatic carbocycles. The van der Waals surface area contributed by atoms with Crippen molar-refractivity contribution in [3.63, 3.8) is 0 Å². The Morgan fingerprint density at radius 3 is 2.46 bits per heavy atom. The van der Waals surface area contributed by atoms with E-state index in [1.807, 2.05) is 31.2 Å². The summed E-state index contributed by atoms with van der Waals surface area (Å²) >= 11 is 0. The predicted molar refractivity (Wildman–Crippen MR) is 93.2 cm³/mol. The van der Waals surface area contributed by atoms with Crippen LogP contribution in [0.2, 0.25) is 0 Å². The van der Waals surface area contributed by atoms with E-state index >= 15 is 0 Å². The van der Waals surface area contributed by atoms with Gasteiger partial charge in [0, 0.05) is 11.9 Å². The van der Waals surface area contributed by atoms with Gasteiger partial charge in [0.1, 0.15) is 0 Å². The minimum atomic E-state index is -3.46. The number of carbonyl (C=O) groups is 1. The second kappa shape index (κ2) is 6.45. The SMILES string of the molecule is Cc1ccc(CS(=O)(=O)c2cccc(-n3cccc3C=O)c2)cc1. The first-order valence-electron chi connectivity index (χ1n) is 7.51. The van der Waals surface area contributed by atoms with E-state index in [9.17, 15) is 13.2 Å². The number of aromatic nitrogens is 1. The number of nitrogens with zero attached hydrogens (tertiary/aromatic N) is 1. The van der Waals surface area contributed by atoms with E-state index in [4.69, 9.17) is 0 Å². The second-order valence-electron chi connectivity index (χ2n) is 5.66. The Morgan fingerprint density at radius 2 is 1.75 bits per heavy atom. The summed E-state index contributed by atoms with van der Waals surface area (Å²) in [6.45, 7) is 1.96. The molecule has 122 valence electrons. The third kappa shape index (κ3) is 3.31. The van der Waals surface area contributed by atoms with E-state index in [1.165, 1.54) is 0 Å². The van der Waals surface area contributed by atoms with Gasteiger partial charge >= 0.3 is 0 Å². The molecule has 0 fully saturated rings. The van der Waals surface area contributed by atoms with E-state index in [-0.39, 0.29) is 10.6 Å². The van der Waals surface area contributed by atoms with Crippen LogP contribution in [-0.2, 0) is 15.6 Å². The maximum Gasteiger partial charge on any atom is 0.182 e. The topological polar surface area (TPSA) is 56.1 Å². The molecule has 0 radical (unpaired) electrons. The number of benzene rings is 2. The molecule has 0 aliphatic rings. The number of rotatable bonds is 5. The van der Waals surface area contributed by atoms with Crippen LogP contribution in [-0.4, -0.2) is 19.3 Å². The van der Waals surface area contributed by atoms with Crippen LogP contribution in [0.25, 0.3) is 5.69 Å². The van der Waals surface area contributed by atoms with Gasteiger partial charge < -0.3 is 4.57 Å². The highest BCUT2D eigenvalue weighted by atomic mass is 32.2. The van der Waals surface area contributed by atoms with Gasteiger partial charge in [-0.15, -0.1) is 0 Å². The molecule has 0 aliphatic carbocycles. The first-order chi connectivity index (χ1) is 11.5. The van der Waals surface area contributed by atoms with E-state index in [1.54, 1.807) is 47.2 Å². The summed E-state index contributed by atoms with van der Waals surface area (Å²) in [5.41, 5.74) is 2.96. The standard InChI is InChI=1S/C19H17NO3S/c1-15-7-9-16(10-8-15)14-24(22,23)19-6-2-4-17(12-19)20-11-3-5-18(20)13-21/h2-13H,14H2,1H3. The Hall–Kier alpha value is -2.66. The van der Waals surface area contributed by atoms with E-state index < -0.39 is 9.84 Å². The van der Waals surface area contributed by atoms with Crippen LogP contribution in [0.1, 0.15) is 21.6 Å². The largest absolute Gasteiger partial charge is 0.314 e. The molecule has 0 spiro atoms. The Labute approximate surface area is 141 Å². The van der Waals surface area contributed by atoms with Crippen molar-refractivity contribution >= 4 is 16.1 Å². The van der Waals surface area contributed by atoms with Crippen LogP contribution in [0.5, 0.6) is 0 Å². The highest BCUT2D eigenvalue weighted by Gasteiger charge is 2.16. The van der Waals surface area contributed by atoms with Crippen LogP contribution in [0, 0.1) is 6.92 Å². The highest BCUT2D eigenvalue weighted by molar-refractivity contribution is 7.90. The zero-order valence-electron chi connectivity index (χ0n) is 13.2. The quantitative estimate of drug-likeness (QED) is 0.668. The van der Waals surface area contributed by atoms with Crippen molar-refractivity contribution in [3.05, 3.63) is 83.7 Å². The third-order valence-corrected chi connectivity index (χ3v) is 5.52. The molecule has 3 aromatic rings. The van der Waals surface area contributed by atoms with Gasteiger partial charge in [-0.1, -0.05) is 35.9 Å². The average molecular weight is 339 g/mol. The van der Waals surface area contributed by atoms with Crippen LogP contribution in [0.15, 0.2) is 71.8 Å². The summed E-state index contributed by atoms with van der Waals surface area (Å²) in [7, 11) is -3.46.